The summed E-state index contributed by atoms with van der Waals surface area (Å²) in [6.07, 6.45) is 0. The van der Waals surface area contributed by atoms with Crippen molar-refractivity contribution < 1.29 is 14.5 Å². The minimum absolute atomic E-state index is 0.0326. The zero-order valence-electron chi connectivity index (χ0n) is 9.74. The van der Waals surface area contributed by atoms with Crippen molar-refractivity contribution in [1.29, 1.82) is 0 Å². The zero-order chi connectivity index (χ0) is 13.8. The lowest BCUT2D eigenvalue weighted by atomic mass is 10.1. The van der Waals surface area contributed by atoms with Crippen LogP contribution < -0.4 is 10.5 Å². The van der Waals surface area contributed by atoms with Crippen LogP contribution in [-0.4, -0.2) is 17.4 Å². The Bertz CT molecular complexity index is 610. The van der Waals surface area contributed by atoms with E-state index >= 15 is 0 Å². The number of nitro benzene ring substituents is 1. The molecule has 0 saturated carbocycles. The van der Waals surface area contributed by atoms with Gasteiger partial charge in [0, 0.05) is 22.6 Å². The smallest absolute Gasteiger partial charge is 0.270 e. The zero-order valence-corrected chi connectivity index (χ0v) is 10.6. The first-order valence-electron chi connectivity index (χ1n) is 5.31. The quantitative estimate of drug-likeness (QED) is 0.669. The standard InChI is InChI=1S/C12H10N2O4S/c13-12(15)7-18-10-4-3-8(14(16)17)6-9(10)11-2-1-5-19-11/h1-6H,7H2,(H2,13,15). The number of carbonyl (C=O) groups excluding carboxylic acids is 1. The van der Waals surface area contributed by atoms with E-state index in [1.807, 2.05) is 17.5 Å². The third kappa shape index (κ3) is 3.08. The molecule has 0 fully saturated rings. The number of amides is 1. The van der Waals surface area contributed by atoms with Crippen LogP contribution in [0.2, 0.25) is 0 Å². The van der Waals surface area contributed by atoms with Gasteiger partial charge in [-0.05, 0) is 17.5 Å². The second kappa shape index (κ2) is 5.49. The summed E-state index contributed by atoms with van der Waals surface area (Å²) in [5.41, 5.74) is 5.56. The summed E-state index contributed by atoms with van der Waals surface area (Å²) >= 11 is 1.43. The number of nitrogens with two attached hydrogens (primary N) is 1. The fraction of sp³-hybridized carbons (Fsp3) is 0.0833. The van der Waals surface area contributed by atoms with E-state index in [2.05, 4.69) is 0 Å². The van der Waals surface area contributed by atoms with Crippen LogP contribution in [0.25, 0.3) is 10.4 Å². The van der Waals surface area contributed by atoms with Gasteiger partial charge in [0.2, 0.25) is 0 Å². The lowest BCUT2D eigenvalue weighted by Gasteiger charge is -2.08. The van der Waals surface area contributed by atoms with Crippen molar-refractivity contribution in [2.75, 3.05) is 6.61 Å². The molecule has 0 bridgehead atoms. The van der Waals surface area contributed by atoms with Gasteiger partial charge in [-0.2, -0.15) is 0 Å². The minimum Gasteiger partial charge on any atom is -0.483 e. The van der Waals surface area contributed by atoms with Crippen LogP contribution >= 0.6 is 11.3 Å². The first-order chi connectivity index (χ1) is 9.08. The van der Waals surface area contributed by atoms with E-state index < -0.39 is 10.8 Å². The molecule has 2 N–H and O–H groups in total. The van der Waals surface area contributed by atoms with Crippen LogP contribution in [0, 0.1) is 10.1 Å². The molecule has 0 atom stereocenters. The van der Waals surface area contributed by atoms with E-state index in [9.17, 15) is 14.9 Å². The maximum atomic E-state index is 10.8. The SMILES string of the molecule is NC(=O)COc1ccc([N+](=O)[O-])cc1-c1cccs1. The highest BCUT2D eigenvalue weighted by molar-refractivity contribution is 7.13. The number of nitrogens with zero attached hydrogens (tertiary/aromatic N) is 1. The molecule has 2 rings (SSSR count). The van der Waals surface area contributed by atoms with E-state index in [1.54, 1.807) is 0 Å². The highest BCUT2D eigenvalue weighted by Crippen LogP contribution is 2.35. The molecule has 0 saturated heterocycles. The molecule has 1 aromatic heterocycles. The predicted octanol–water partition coefficient (Wildman–Crippen LogP) is 2.19. The number of benzene rings is 1. The number of thiophene rings is 1. The molecule has 6 nitrogen and oxygen atoms in total. The second-order valence-corrected chi connectivity index (χ2v) is 4.62. The number of non-ortho nitro benzene ring substituents is 1. The number of carbonyl (C=O) groups is 1. The number of primary amides is 1. The van der Waals surface area contributed by atoms with Gasteiger partial charge in [0.05, 0.1) is 4.92 Å². The lowest BCUT2D eigenvalue weighted by molar-refractivity contribution is -0.384. The van der Waals surface area contributed by atoms with Gasteiger partial charge in [0.25, 0.3) is 11.6 Å². The largest absolute Gasteiger partial charge is 0.483 e. The van der Waals surface area contributed by atoms with E-state index in [4.69, 9.17) is 10.5 Å². The minimum atomic E-state index is -0.601. The average molecular weight is 278 g/mol. The summed E-state index contributed by atoms with van der Waals surface area (Å²) < 4.78 is 5.27. The molecule has 7 heteroatoms. The van der Waals surface area contributed by atoms with Crippen molar-refractivity contribution in [1.82, 2.24) is 0 Å². The molecule has 0 aliphatic heterocycles. The Morgan fingerprint density at radius 2 is 2.21 bits per heavy atom. The summed E-state index contributed by atoms with van der Waals surface area (Å²) in [7, 11) is 0. The van der Waals surface area contributed by atoms with Gasteiger partial charge in [0.15, 0.2) is 6.61 Å². The Morgan fingerprint density at radius 3 is 2.79 bits per heavy atom. The molecule has 19 heavy (non-hydrogen) atoms. The molecule has 0 radical (unpaired) electrons. The molecule has 98 valence electrons. The average Bonchev–Trinajstić information content (AvgIpc) is 2.89. The van der Waals surface area contributed by atoms with Crippen molar-refractivity contribution in [3.8, 4) is 16.2 Å². The van der Waals surface area contributed by atoms with Crippen molar-refractivity contribution in [3.05, 3.63) is 45.8 Å². The first-order valence-corrected chi connectivity index (χ1v) is 6.19. The summed E-state index contributed by atoms with van der Waals surface area (Å²) in [5, 5.41) is 12.6. The molecule has 0 spiro atoms. The van der Waals surface area contributed by atoms with Gasteiger partial charge in [0.1, 0.15) is 5.75 Å². The Kier molecular flexibility index (Phi) is 3.76. The summed E-state index contributed by atoms with van der Waals surface area (Å²) in [6.45, 7) is -0.268. The molecular formula is C12H10N2O4S. The number of rotatable bonds is 5. The fourth-order valence-corrected chi connectivity index (χ4v) is 2.28. The predicted molar refractivity (Wildman–Crippen MR) is 71.1 cm³/mol. The Balaban J connectivity index is 2.42. The van der Waals surface area contributed by atoms with Gasteiger partial charge in [-0.15, -0.1) is 11.3 Å². The summed E-state index contributed by atoms with van der Waals surface area (Å²) in [5.74, 6) is -0.206. The van der Waals surface area contributed by atoms with Crippen LogP contribution in [0.3, 0.4) is 0 Å². The van der Waals surface area contributed by atoms with Gasteiger partial charge >= 0.3 is 0 Å². The van der Waals surface area contributed by atoms with Crippen LogP contribution in [-0.2, 0) is 4.79 Å². The van der Waals surface area contributed by atoms with Gasteiger partial charge in [-0.3, -0.25) is 14.9 Å². The molecule has 0 aliphatic carbocycles. The summed E-state index contributed by atoms with van der Waals surface area (Å²) in [6, 6.07) is 7.86. The highest BCUT2D eigenvalue weighted by Gasteiger charge is 2.14. The Labute approximate surface area is 112 Å². The van der Waals surface area contributed by atoms with Gasteiger partial charge in [-0.1, -0.05) is 6.07 Å². The topological polar surface area (TPSA) is 95.5 Å². The Morgan fingerprint density at radius 1 is 1.42 bits per heavy atom. The van der Waals surface area contributed by atoms with Gasteiger partial charge in [-0.25, -0.2) is 0 Å². The number of hydrogen-bond acceptors (Lipinski definition) is 5. The van der Waals surface area contributed by atoms with E-state index in [-0.39, 0.29) is 12.3 Å². The maximum absolute atomic E-state index is 10.8. The van der Waals surface area contributed by atoms with Crippen LogP contribution in [0.1, 0.15) is 0 Å². The summed E-state index contributed by atoms with van der Waals surface area (Å²) in [4.78, 5) is 21.9. The van der Waals surface area contributed by atoms with Gasteiger partial charge < -0.3 is 10.5 Å². The van der Waals surface area contributed by atoms with Crippen molar-refractivity contribution in [2.45, 2.75) is 0 Å². The third-order valence-electron chi connectivity index (χ3n) is 2.33. The van der Waals surface area contributed by atoms with E-state index in [0.29, 0.717) is 11.3 Å². The molecule has 1 aromatic carbocycles. The van der Waals surface area contributed by atoms with E-state index in [0.717, 1.165) is 4.88 Å². The van der Waals surface area contributed by atoms with E-state index in [1.165, 1.54) is 29.5 Å². The molecule has 0 unspecified atom stereocenters. The molecule has 1 amide bonds. The third-order valence-corrected chi connectivity index (χ3v) is 3.23. The van der Waals surface area contributed by atoms with Crippen molar-refractivity contribution in [2.24, 2.45) is 5.73 Å². The molecule has 0 aliphatic rings. The normalized spacial score (nSPS) is 10.1. The lowest BCUT2D eigenvalue weighted by Crippen LogP contribution is -2.20. The van der Waals surface area contributed by atoms with Crippen LogP contribution in [0.15, 0.2) is 35.7 Å². The fourth-order valence-electron chi connectivity index (χ4n) is 1.53. The van der Waals surface area contributed by atoms with Crippen molar-refractivity contribution in [3.63, 3.8) is 0 Å². The van der Waals surface area contributed by atoms with Crippen LogP contribution in [0.4, 0.5) is 5.69 Å². The van der Waals surface area contributed by atoms with Crippen LogP contribution in [0.5, 0.6) is 5.75 Å². The molecule has 1 heterocycles. The number of hydrogen-bond donors (Lipinski definition) is 1. The number of ether oxygens (including phenoxy) is 1. The maximum Gasteiger partial charge on any atom is 0.270 e. The van der Waals surface area contributed by atoms with Crippen molar-refractivity contribution >= 4 is 22.9 Å². The first kappa shape index (κ1) is 13.0. The monoisotopic (exact) mass is 278 g/mol. The highest BCUT2D eigenvalue weighted by atomic mass is 32.1. The second-order valence-electron chi connectivity index (χ2n) is 3.67. The molecular weight excluding hydrogens is 268 g/mol. The molecule has 2 aromatic rings. The number of nitro groups is 1. The Hall–Kier alpha value is -2.41.